The first-order valence-electron chi connectivity index (χ1n) is 11.6. The predicted octanol–water partition coefficient (Wildman–Crippen LogP) is 5.36. The Balaban J connectivity index is 1.64. The fourth-order valence-corrected chi connectivity index (χ4v) is 5.12. The molecule has 1 aromatic heterocycles. The summed E-state index contributed by atoms with van der Waals surface area (Å²) in [5, 5.41) is 4.83. The largest absolute Gasteiger partial charge is 0.297 e. The number of nitrogens with zero attached hydrogens (tertiary/aromatic N) is 3. The van der Waals surface area contributed by atoms with Crippen LogP contribution < -0.4 is 4.90 Å². The van der Waals surface area contributed by atoms with Crippen molar-refractivity contribution in [2.24, 2.45) is 5.92 Å². The van der Waals surface area contributed by atoms with Crippen molar-refractivity contribution in [3.05, 3.63) is 82.3 Å². The maximum Gasteiger partial charge on any atom is 0.232 e. The number of fused-ring (bicyclic) bond motifs is 1. The predicted molar refractivity (Wildman–Crippen MR) is 125 cm³/mol. The number of hydrogen-bond acceptors (Lipinski definition) is 3. The molecule has 0 spiro atoms. The highest BCUT2D eigenvalue weighted by Crippen LogP contribution is 2.49. The lowest BCUT2D eigenvalue weighted by Crippen LogP contribution is -2.45. The third kappa shape index (κ3) is 3.77. The van der Waals surface area contributed by atoms with Crippen LogP contribution in [0.4, 0.5) is 10.2 Å². The minimum Gasteiger partial charge on any atom is -0.297 e. The smallest absolute Gasteiger partial charge is 0.232 e. The van der Waals surface area contributed by atoms with E-state index in [1.165, 1.54) is 12.1 Å². The summed E-state index contributed by atoms with van der Waals surface area (Å²) in [6.45, 7) is 6.38. The molecule has 0 N–H and O–H groups in total. The fourth-order valence-electron chi connectivity index (χ4n) is 5.12. The Bertz CT molecular complexity index is 1230. The zero-order chi connectivity index (χ0) is 23.3. The monoisotopic (exact) mass is 445 g/mol. The van der Waals surface area contributed by atoms with Gasteiger partial charge in [-0.3, -0.25) is 14.5 Å². The summed E-state index contributed by atoms with van der Waals surface area (Å²) < 4.78 is 15.8. The Morgan fingerprint density at radius 1 is 1.12 bits per heavy atom. The quantitative estimate of drug-likeness (QED) is 0.480. The van der Waals surface area contributed by atoms with E-state index < -0.39 is 5.92 Å². The van der Waals surface area contributed by atoms with Crippen LogP contribution >= 0.6 is 0 Å². The summed E-state index contributed by atoms with van der Waals surface area (Å²) in [6.07, 6.45) is 2.19. The van der Waals surface area contributed by atoms with Crippen LogP contribution in [0.3, 0.4) is 0 Å². The standard InChI is InChI=1S/C27H28FN3O2/c1-4-30-26-24(17(3)29-31(26)21-12-13-21)25(18-8-10-20(28)11-9-18)22(27(30)33)15-23(32)19-7-5-6-16(2)14-19/h5-11,14,21-22,25H,4,12-13,15H2,1-3H3/t22-,25+/m0/s1. The van der Waals surface area contributed by atoms with E-state index in [0.717, 1.165) is 41.0 Å². The van der Waals surface area contributed by atoms with E-state index in [1.54, 1.807) is 23.1 Å². The number of benzene rings is 2. The van der Waals surface area contributed by atoms with Crippen molar-refractivity contribution in [1.82, 2.24) is 9.78 Å². The number of aromatic nitrogens is 2. The van der Waals surface area contributed by atoms with Crippen molar-refractivity contribution in [2.45, 2.75) is 52.0 Å². The first kappa shape index (κ1) is 21.6. The maximum atomic E-state index is 13.9. The van der Waals surface area contributed by atoms with Crippen LogP contribution in [-0.2, 0) is 4.79 Å². The molecule has 0 bridgehead atoms. The van der Waals surface area contributed by atoms with E-state index >= 15 is 0 Å². The molecule has 3 aromatic rings. The van der Waals surface area contributed by atoms with Gasteiger partial charge in [0, 0.05) is 30.0 Å². The van der Waals surface area contributed by atoms with Gasteiger partial charge in [0.05, 0.1) is 17.7 Å². The maximum absolute atomic E-state index is 13.9. The number of halogens is 1. The molecular formula is C27H28FN3O2. The second kappa shape index (κ2) is 8.25. The van der Waals surface area contributed by atoms with Crippen molar-refractivity contribution in [3.63, 3.8) is 0 Å². The summed E-state index contributed by atoms with van der Waals surface area (Å²) in [5.41, 5.74) is 4.30. The van der Waals surface area contributed by atoms with Crippen LogP contribution in [0.25, 0.3) is 0 Å². The average Bonchev–Trinajstić information content (AvgIpc) is 3.59. The number of ketones is 1. The molecule has 2 heterocycles. The zero-order valence-electron chi connectivity index (χ0n) is 19.2. The average molecular weight is 446 g/mol. The Labute approximate surface area is 193 Å². The number of amides is 1. The van der Waals surface area contributed by atoms with Gasteiger partial charge >= 0.3 is 0 Å². The second-order valence-electron chi connectivity index (χ2n) is 9.21. The van der Waals surface area contributed by atoms with Gasteiger partial charge in [-0.15, -0.1) is 0 Å². The molecule has 2 aliphatic rings. The number of carbonyl (C=O) groups excluding carboxylic acids is 2. The third-order valence-corrected chi connectivity index (χ3v) is 6.84. The van der Waals surface area contributed by atoms with Crippen molar-refractivity contribution >= 4 is 17.5 Å². The molecule has 6 heteroatoms. The van der Waals surface area contributed by atoms with Crippen molar-refractivity contribution in [3.8, 4) is 0 Å². The van der Waals surface area contributed by atoms with Gasteiger partial charge in [-0.1, -0.05) is 35.9 Å². The summed E-state index contributed by atoms with van der Waals surface area (Å²) in [5.74, 6) is -0.535. The Morgan fingerprint density at radius 2 is 1.85 bits per heavy atom. The highest BCUT2D eigenvalue weighted by atomic mass is 19.1. The Kier molecular flexibility index (Phi) is 5.39. The number of carbonyl (C=O) groups is 2. The van der Waals surface area contributed by atoms with E-state index in [2.05, 4.69) is 0 Å². The molecule has 0 unspecified atom stereocenters. The molecule has 2 aromatic carbocycles. The molecule has 0 saturated heterocycles. The van der Waals surface area contributed by atoms with Gasteiger partial charge in [0.2, 0.25) is 5.91 Å². The molecule has 1 aliphatic heterocycles. The van der Waals surface area contributed by atoms with Gasteiger partial charge in [-0.05, 0) is 57.4 Å². The van der Waals surface area contributed by atoms with Crippen LogP contribution in [0.15, 0.2) is 48.5 Å². The van der Waals surface area contributed by atoms with E-state index in [9.17, 15) is 14.0 Å². The Morgan fingerprint density at radius 3 is 2.48 bits per heavy atom. The zero-order valence-corrected chi connectivity index (χ0v) is 19.2. The minimum absolute atomic E-state index is 0.0593. The number of rotatable bonds is 6. The van der Waals surface area contributed by atoms with Crippen LogP contribution in [0.5, 0.6) is 0 Å². The van der Waals surface area contributed by atoms with Gasteiger partial charge in [0.1, 0.15) is 11.6 Å². The minimum atomic E-state index is -0.577. The molecular weight excluding hydrogens is 417 g/mol. The summed E-state index contributed by atoms with van der Waals surface area (Å²) in [7, 11) is 0. The SMILES string of the molecule is CCN1C(=O)[C@@H](CC(=O)c2cccc(C)c2)[C@@H](c2ccc(F)cc2)c2c(C)nn(C3CC3)c21. The van der Waals surface area contributed by atoms with Crippen molar-refractivity contribution < 1.29 is 14.0 Å². The molecule has 0 radical (unpaired) electrons. The molecule has 33 heavy (non-hydrogen) atoms. The summed E-state index contributed by atoms with van der Waals surface area (Å²) >= 11 is 0. The van der Waals surface area contributed by atoms with Gasteiger partial charge in [0.25, 0.3) is 0 Å². The molecule has 1 aliphatic carbocycles. The number of aryl methyl sites for hydroxylation is 2. The molecule has 5 rings (SSSR count). The van der Waals surface area contributed by atoms with Gasteiger partial charge in [-0.25, -0.2) is 9.07 Å². The molecule has 1 amide bonds. The summed E-state index contributed by atoms with van der Waals surface area (Å²) in [4.78, 5) is 29.0. The highest BCUT2D eigenvalue weighted by molar-refractivity contribution is 6.04. The first-order chi connectivity index (χ1) is 15.9. The van der Waals surface area contributed by atoms with Crippen LogP contribution in [-0.4, -0.2) is 28.0 Å². The van der Waals surface area contributed by atoms with E-state index in [4.69, 9.17) is 5.10 Å². The lowest BCUT2D eigenvalue weighted by molar-refractivity contribution is -0.123. The van der Waals surface area contributed by atoms with E-state index in [-0.39, 0.29) is 29.8 Å². The first-order valence-corrected chi connectivity index (χ1v) is 11.6. The van der Waals surface area contributed by atoms with Gasteiger partial charge < -0.3 is 0 Å². The van der Waals surface area contributed by atoms with E-state index in [0.29, 0.717) is 18.2 Å². The second-order valence-corrected chi connectivity index (χ2v) is 9.21. The van der Waals surface area contributed by atoms with Crippen LogP contribution in [0, 0.1) is 25.6 Å². The third-order valence-electron chi connectivity index (χ3n) is 6.84. The number of Topliss-reactive ketones (excluding diaryl/α,β-unsaturated/α-hetero) is 1. The molecule has 1 fully saturated rings. The molecule has 170 valence electrons. The molecule has 2 atom stereocenters. The van der Waals surface area contributed by atoms with Gasteiger partial charge in [0.15, 0.2) is 5.78 Å². The number of anilines is 1. The lowest BCUT2D eigenvalue weighted by atomic mass is 9.74. The van der Waals surface area contributed by atoms with Crippen molar-refractivity contribution in [1.29, 1.82) is 0 Å². The van der Waals surface area contributed by atoms with Crippen LogP contribution in [0.1, 0.15) is 70.9 Å². The van der Waals surface area contributed by atoms with Crippen molar-refractivity contribution in [2.75, 3.05) is 11.4 Å². The molecule has 5 nitrogen and oxygen atoms in total. The number of hydrogen-bond donors (Lipinski definition) is 0. The van der Waals surface area contributed by atoms with E-state index in [1.807, 2.05) is 43.7 Å². The normalized spacial score (nSPS) is 20.1. The molecule has 1 saturated carbocycles. The van der Waals surface area contributed by atoms with Crippen LogP contribution in [0.2, 0.25) is 0 Å². The Hall–Kier alpha value is -3.28. The summed E-state index contributed by atoms with van der Waals surface area (Å²) in [6, 6.07) is 14.1. The lowest BCUT2D eigenvalue weighted by Gasteiger charge is -2.38. The topological polar surface area (TPSA) is 55.2 Å². The fraction of sp³-hybridized carbons (Fsp3) is 0.370. The van der Waals surface area contributed by atoms with Gasteiger partial charge in [-0.2, -0.15) is 5.10 Å². The highest BCUT2D eigenvalue weighted by Gasteiger charge is 2.46.